The molecule has 1 unspecified atom stereocenters. The van der Waals surface area contributed by atoms with Crippen molar-refractivity contribution in [1.82, 2.24) is 14.5 Å². The fourth-order valence-corrected chi connectivity index (χ4v) is 5.60. The third kappa shape index (κ3) is 4.91. The van der Waals surface area contributed by atoms with Crippen LogP contribution in [0.25, 0.3) is 0 Å². The number of nitrogens with one attached hydrogen (secondary N) is 1. The van der Waals surface area contributed by atoms with Crippen molar-refractivity contribution in [2.75, 3.05) is 11.1 Å². The number of carbonyl (C=O) groups is 1. The maximum Gasteiger partial charge on any atom is 0.268 e. The molecule has 0 aliphatic carbocycles. The molecule has 1 aliphatic heterocycles. The third-order valence-electron chi connectivity index (χ3n) is 4.44. The van der Waals surface area contributed by atoms with Crippen molar-refractivity contribution in [1.29, 1.82) is 0 Å². The van der Waals surface area contributed by atoms with Gasteiger partial charge in [0, 0.05) is 29.8 Å². The molecule has 2 aromatic heterocycles. The first kappa shape index (κ1) is 20.2. The number of aromatic nitrogens is 3. The van der Waals surface area contributed by atoms with E-state index in [1.165, 1.54) is 28.7 Å². The number of benzene rings is 1. The van der Waals surface area contributed by atoms with Gasteiger partial charge in [0.1, 0.15) is 0 Å². The number of carbonyl (C=O) groups excluding carboxylic acids is 1. The number of nitrogens with zero attached hydrogens (tertiary/aromatic N) is 3. The second-order valence-corrected chi connectivity index (χ2v) is 9.96. The summed E-state index contributed by atoms with van der Waals surface area (Å²) < 4.78 is 1.72. The molecule has 9 heteroatoms. The monoisotopic (exact) mass is 444 g/mol. The molecule has 1 atom stereocenters. The number of rotatable bonds is 7. The van der Waals surface area contributed by atoms with Gasteiger partial charge in [-0.25, -0.2) is 9.97 Å². The molecule has 4 rings (SSSR count). The lowest BCUT2D eigenvalue weighted by atomic mass is 10.1. The van der Waals surface area contributed by atoms with E-state index < -0.39 is 0 Å². The molecule has 6 nitrogen and oxygen atoms in total. The molecule has 150 valence electrons. The van der Waals surface area contributed by atoms with Gasteiger partial charge in [-0.05, 0) is 12.0 Å². The molecule has 0 saturated carbocycles. The number of amides is 1. The number of hydrogen-bond donors (Lipinski definition) is 1. The predicted octanol–water partition coefficient (Wildman–Crippen LogP) is 3.71. The Morgan fingerprint density at radius 1 is 1.34 bits per heavy atom. The summed E-state index contributed by atoms with van der Waals surface area (Å²) in [5, 5.41) is 6.11. The van der Waals surface area contributed by atoms with Crippen molar-refractivity contribution in [3.8, 4) is 0 Å². The smallest absolute Gasteiger partial charge is 0.268 e. The zero-order valence-corrected chi connectivity index (χ0v) is 18.3. The summed E-state index contributed by atoms with van der Waals surface area (Å²) in [5.74, 6) is 0.0239. The minimum absolute atomic E-state index is 0.00288. The highest BCUT2D eigenvalue weighted by atomic mass is 32.2. The van der Waals surface area contributed by atoms with E-state index in [0.29, 0.717) is 22.1 Å². The molecule has 0 radical (unpaired) electrons. The number of thiazole rings is 1. The van der Waals surface area contributed by atoms with Crippen molar-refractivity contribution < 1.29 is 4.79 Å². The summed E-state index contributed by atoms with van der Waals surface area (Å²) in [6.07, 6.45) is 3.17. The largest absolute Gasteiger partial charge is 0.301 e. The van der Waals surface area contributed by atoms with Crippen LogP contribution in [0.2, 0.25) is 0 Å². The first-order valence-electron chi connectivity index (χ1n) is 9.26. The topological polar surface area (TPSA) is 76.9 Å². The van der Waals surface area contributed by atoms with Gasteiger partial charge in [0.15, 0.2) is 10.3 Å². The minimum Gasteiger partial charge on any atom is -0.301 e. The molecule has 1 aliphatic rings. The maximum absolute atomic E-state index is 13.1. The summed E-state index contributed by atoms with van der Waals surface area (Å²) >= 11 is 4.27. The van der Waals surface area contributed by atoms with Crippen molar-refractivity contribution in [2.24, 2.45) is 0 Å². The van der Waals surface area contributed by atoms with Gasteiger partial charge in [-0.3, -0.25) is 14.2 Å². The molecule has 3 heterocycles. The van der Waals surface area contributed by atoms with E-state index >= 15 is 0 Å². The van der Waals surface area contributed by atoms with E-state index in [2.05, 4.69) is 29.4 Å². The van der Waals surface area contributed by atoms with Crippen LogP contribution in [-0.2, 0) is 24.2 Å². The third-order valence-corrected chi connectivity index (χ3v) is 7.32. The van der Waals surface area contributed by atoms with Crippen molar-refractivity contribution in [3.63, 3.8) is 0 Å². The SMILES string of the molecule is CC1Cc2nc(SCC(=O)Nc3nccs3)n(CCc3ccccc3)c(=O)c2S1. The zero-order chi connectivity index (χ0) is 20.2. The number of anilines is 1. The van der Waals surface area contributed by atoms with E-state index in [4.69, 9.17) is 4.98 Å². The standard InChI is InChI=1S/C20H20N4O2S3/c1-13-11-15-17(29-13)18(26)24(9-7-14-5-3-2-4-6-14)20(22-15)28-12-16(25)23-19-21-8-10-27-19/h2-6,8,10,13H,7,9,11-12H2,1H3,(H,21,23,25). The molecule has 3 aromatic rings. The Bertz CT molecular complexity index is 1050. The maximum atomic E-state index is 13.1. The van der Waals surface area contributed by atoms with Gasteiger partial charge in [0.2, 0.25) is 5.91 Å². The molecular formula is C20H20N4O2S3. The van der Waals surface area contributed by atoms with Crippen LogP contribution in [0.1, 0.15) is 18.2 Å². The quantitative estimate of drug-likeness (QED) is 0.442. The van der Waals surface area contributed by atoms with E-state index in [1.54, 1.807) is 22.5 Å². The average Bonchev–Trinajstić information content (AvgIpc) is 3.35. The number of hydrogen-bond acceptors (Lipinski definition) is 7. The minimum atomic E-state index is -0.156. The normalized spacial score (nSPS) is 15.3. The number of aryl methyl sites for hydroxylation is 1. The molecule has 0 bridgehead atoms. The first-order valence-corrected chi connectivity index (χ1v) is 12.0. The average molecular weight is 445 g/mol. The fourth-order valence-electron chi connectivity index (χ4n) is 3.09. The second-order valence-electron chi connectivity index (χ2n) is 6.67. The lowest BCUT2D eigenvalue weighted by Gasteiger charge is -2.13. The van der Waals surface area contributed by atoms with Gasteiger partial charge in [0.05, 0.1) is 16.3 Å². The summed E-state index contributed by atoms with van der Waals surface area (Å²) in [6.45, 7) is 2.64. The van der Waals surface area contributed by atoms with Gasteiger partial charge >= 0.3 is 0 Å². The highest BCUT2D eigenvalue weighted by Crippen LogP contribution is 2.34. The molecular weight excluding hydrogens is 424 g/mol. The van der Waals surface area contributed by atoms with Gasteiger partial charge in [-0.1, -0.05) is 49.0 Å². The van der Waals surface area contributed by atoms with Crippen molar-refractivity contribution >= 4 is 45.9 Å². The summed E-state index contributed by atoms with van der Waals surface area (Å²) in [6, 6.07) is 10.1. The van der Waals surface area contributed by atoms with Crippen LogP contribution in [0.15, 0.2) is 56.8 Å². The molecule has 29 heavy (non-hydrogen) atoms. The van der Waals surface area contributed by atoms with Crippen LogP contribution in [0.5, 0.6) is 0 Å². The zero-order valence-electron chi connectivity index (χ0n) is 15.8. The predicted molar refractivity (Wildman–Crippen MR) is 119 cm³/mol. The fraction of sp³-hybridized carbons (Fsp3) is 0.300. The van der Waals surface area contributed by atoms with Gasteiger partial charge in [0.25, 0.3) is 5.56 Å². The van der Waals surface area contributed by atoms with E-state index in [-0.39, 0.29) is 17.2 Å². The van der Waals surface area contributed by atoms with Crippen LogP contribution in [0.3, 0.4) is 0 Å². The molecule has 0 fully saturated rings. The van der Waals surface area contributed by atoms with Gasteiger partial charge < -0.3 is 5.32 Å². The Morgan fingerprint density at radius 3 is 2.93 bits per heavy atom. The highest BCUT2D eigenvalue weighted by Gasteiger charge is 2.26. The highest BCUT2D eigenvalue weighted by molar-refractivity contribution is 8.00. The number of thioether (sulfide) groups is 2. The second kappa shape index (κ2) is 9.15. The lowest BCUT2D eigenvalue weighted by Crippen LogP contribution is -2.27. The van der Waals surface area contributed by atoms with E-state index in [0.717, 1.165) is 23.4 Å². The van der Waals surface area contributed by atoms with Crippen molar-refractivity contribution in [2.45, 2.75) is 41.6 Å². The Balaban J connectivity index is 1.54. The molecule has 0 spiro atoms. The molecule has 1 aromatic carbocycles. The van der Waals surface area contributed by atoms with Crippen LogP contribution in [-0.4, -0.2) is 31.4 Å². The van der Waals surface area contributed by atoms with Crippen molar-refractivity contribution in [3.05, 3.63) is 63.5 Å². The Morgan fingerprint density at radius 2 is 2.17 bits per heavy atom. The van der Waals surface area contributed by atoms with Crippen LogP contribution in [0.4, 0.5) is 5.13 Å². The van der Waals surface area contributed by atoms with E-state index in [1.807, 2.05) is 23.6 Å². The summed E-state index contributed by atoms with van der Waals surface area (Å²) in [4.78, 5) is 35.0. The Hall–Kier alpha value is -2.10. The Labute approximate surface area is 181 Å². The molecule has 1 amide bonds. The summed E-state index contributed by atoms with van der Waals surface area (Å²) in [7, 11) is 0. The first-order chi connectivity index (χ1) is 14.1. The van der Waals surface area contributed by atoms with Gasteiger partial charge in [-0.2, -0.15) is 0 Å². The lowest BCUT2D eigenvalue weighted by molar-refractivity contribution is -0.113. The molecule has 1 N–H and O–H groups in total. The van der Waals surface area contributed by atoms with Crippen LogP contribution < -0.4 is 10.9 Å². The van der Waals surface area contributed by atoms with E-state index in [9.17, 15) is 9.59 Å². The molecule has 0 saturated heterocycles. The van der Waals surface area contributed by atoms with Gasteiger partial charge in [-0.15, -0.1) is 23.1 Å². The van der Waals surface area contributed by atoms with Crippen LogP contribution >= 0.6 is 34.9 Å². The van der Waals surface area contributed by atoms with Crippen LogP contribution in [0, 0.1) is 0 Å². The summed E-state index contributed by atoms with van der Waals surface area (Å²) in [5.41, 5.74) is 2.02. The number of fused-ring (bicyclic) bond motifs is 1. The Kier molecular flexibility index (Phi) is 6.37.